The van der Waals surface area contributed by atoms with E-state index < -0.39 is 11.7 Å². The first-order valence-corrected chi connectivity index (χ1v) is 12.1. The molecule has 178 valence electrons. The van der Waals surface area contributed by atoms with Crippen molar-refractivity contribution in [3.05, 3.63) is 81.8 Å². The van der Waals surface area contributed by atoms with Gasteiger partial charge in [-0.1, -0.05) is 12.1 Å². The quantitative estimate of drug-likeness (QED) is 0.490. The van der Waals surface area contributed by atoms with Crippen molar-refractivity contribution in [2.45, 2.75) is 25.5 Å². The number of rotatable bonds is 8. The Labute approximate surface area is 203 Å². The number of thiophene rings is 1. The Hall–Kier alpha value is -3.23. The maximum absolute atomic E-state index is 13.5. The molecule has 3 aromatic rings. The Bertz CT molecular complexity index is 1140. The van der Waals surface area contributed by atoms with Crippen LogP contribution in [0.1, 0.15) is 38.4 Å². The van der Waals surface area contributed by atoms with Gasteiger partial charge in [0, 0.05) is 50.7 Å². The molecule has 2 aromatic carbocycles. The minimum absolute atomic E-state index is 0.0163. The van der Waals surface area contributed by atoms with E-state index in [9.17, 15) is 14.0 Å². The first kappa shape index (κ1) is 23.9. The molecule has 0 radical (unpaired) electrons. The molecule has 34 heavy (non-hydrogen) atoms. The average molecular weight is 482 g/mol. The summed E-state index contributed by atoms with van der Waals surface area (Å²) in [5.74, 6) is -0.897. The molecule has 1 saturated heterocycles. The molecule has 4 rings (SSSR count). The van der Waals surface area contributed by atoms with Gasteiger partial charge in [0.25, 0.3) is 11.8 Å². The highest BCUT2D eigenvalue weighted by molar-refractivity contribution is 7.12. The van der Waals surface area contributed by atoms with Crippen LogP contribution in [0.4, 0.5) is 15.8 Å². The number of carbonyl (C=O) groups is 2. The maximum Gasteiger partial charge on any atom is 0.264 e. The highest BCUT2D eigenvalue weighted by Gasteiger charge is 2.25. The van der Waals surface area contributed by atoms with Gasteiger partial charge in [-0.05, 0) is 66.2 Å². The lowest BCUT2D eigenvalue weighted by Crippen LogP contribution is -2.37. The van der Waals surface area contributed by atoms with Crippen LogP contribution in [0.5, 0.6) is 0 Å². The Morgan fingerprint density at radius 2 is 2.00 bits per heavy atom. The zero-order valence-electron chi connectivity index (χ0n) is 19.3. The van der Waals surface area contributed by atoms with E-state index in [0.717, 1.165) is 30.7 Å². The van der Waals surface area contributed by atoms with Gasteiger partial charge in [0.05, 0.1) is 11.0 Å². The first-order chi connectivity index (χ1) is 16.4. The minimum atomic E-state index is -0.465. The van der Waals surface area contributed by atoms with Crippen LogP contribution < -0.4 is 10.2 Å². The van der Waals surface area contributed by atoms with E-state index in [2.05, 4.69) is 5.32 Å². The van der Waals surface area contributed by atoms with Crippen LogP contribution in [0.15, 0.2) is 60.0 Å². The highest BCUT2D eigenvalue weighted by Crippen LogP contribution is 2.27. The number of halogens is 1. The van der Waals surface area contributed by atoms with E-state index in [1.54, 1.807) is 6.07 Å². The average Bonchev–Trinajstić information content (AvgIpc) is 3.53. The monoisotopic (exact) mass is 481 g/mol. The van der Waals surface area contributed by atoms with Crippen LogP contribution in [0.2, 0.25) is 0 Å². The molecule has 1 aliphatic heterocycles. The van der Waals surface area contributed by atoms with Crippen molar-refractivity contribution in [3.63, 3.8) is 0 Å². The Morgan fingerprint density at radius 3 is 2.68 bits per heavy atom. The van der Waals surface area contributed by atoms with Crippen molar-refractivity contribution >= 4 is 34.5 Å². The second kappa shape index (κ2) is 10.8. The van der Waals surface area contributed by atoms with Crippen LogP contribution in [0, 0.1) is 5.82 Å². The molecule has 0 unspecified atom stereocenters. The summed E-state index contributed by atoms with van der Waals surface area (Å²) in [6.45, 7) is 1.59. The van der Waals surface area contributed by atoms with Gasteiger partial charge >= 0.3 is 0 Å². The molecule has 0 spiro atoms. The molecule has 2 amide bonds. The van der Waals surface area contributed by atoms with Gasteiger partial charge in [-0.15, -0.1) is 11.3 Å². The second-order valence-corrected chi connectivity index (χ2v) is 9.45. The number of hydrogen-bond acceptors (Lipinski definition) is 5. The minimum Gasteiger partial charge on any atom is -0.377 e. The van der Waals surface area contributed by atoms with Crippen molar-refractivity contribution in [1.82, 2.24) is 4.90 Å². The molecule has 1 aromatic heterocycles. The maximum atomic E-state index is 13.5. The van der Waals surface area contributed by atoms with Crippen molar-refractivity contribution < 1.29 is 18.7 Å². The summed E-state index contributed by atoms with van der Waals surface area (Å²) >= 11 is 1.42. The third-order valence-corrected chi connectivity index (χ3v) is 6.59. The summed E-state index contributed by atoms with van der Waals surface area (Å²) in [5.41, 5.74) is 2.66. The van der Waals surface area contributed by atoms with Crippen LogP contribution in [0.25, 0.3) is 0 Å². The number of nitrogens with one attached hydrogen (secondary N) is 1. The number of benzene rings is 2. The predicted molar refractivity (Wildman–Crippen MR) is 133 cm³/mol. The number of anilines is 2. The Morgan fingerprint density at radius 1 is 1.15 bits per heavy atom. The molecule has 0 aliphatic carbocycles. The zero-order chi connectivity index (χ0) is 24.1. The Balaban J connectivity index is 1.60. The van der Waals surface area contributed by atoms with Crippen LogP contribution in [-0.4, -0.2) is 50.1 Å². The lowest BCUT2D eigenvalue weighted by atomic mass is 10.1. The summed E-state index contributed by atoms with van der Waals surface area (Å²) in [4.78, 5) is 30.4. The smallest absolute Gasteiger partial charge is 0.264 e. The fourth-order valence-electron chi connectivity index (χ4n) is 4.07. The topological polar surface area (TPSA) is 61.9 Å². The molecular formula is C26H28FN3O3S. The third-order valence-electron chi connectivity index (χ3n) is 5.73. The number of amides is 2. The van der Waals surface area contributed by atoms with Crippen LogP contribution in [-0.2, 0) is 11.3 Å². The van der Waals surface area contributed by atoms with E-state index >= 15 is 0 Å². The number of ether oxygens (including phenoxy) is 1. The van der Waals surface area contributed by atoms with Crippen molar-refractivity contribution in [3.8, 4) is 0 Å². The zero-order valence-corrected chi connectivity index (χ0v) is 20.1. The van der Waals surface area contributed by atoms with Gasteiger partial charge in [-0.3, -0.25) is 9.59 Å². The molecule has 1 atom stereocenters. The largest absolute Gasteiger partial charge is 0.377 e. The van der Waals surface area contributed by atoms with Gasteiger partial charge in [0.1, 0.15) is 5.82 Å². The van der Waals surface area contributed by atoms with E-state index in [1.165, 1.54) is 29.5 Å². The SMILES string of the molecule is CN(C)c1ccc(NC(=O)c2cccc(F)c2)cc1CN(C[C@@H]1CCCO1)C(=O)c1cccs1. The van der Waals surface area contributed by atoms with Crippen molar-refractivity contribution in [2.24, 2.45) is 0 Å². The predicted octanol–water partition coefficient (Wildman–Crippen LogP) is 5.03. The van der Waals surface area contributed by atoms with Gasteiger partial charge in [-0.2, -0.15) is 0 Å². The summed E-state index contributed by atoms with van der Waals surface area (Å²) in [7, 11) is 3.88. The second-order valence-electron chi connectivity index (χ2n) is 8.50. The molecule has 1 fully saturated rings. The fourth-order valence-corrected chi connectivity index (χ4v) is 4.77. The summed E-state index contributed by atoms with van der Waals surface area (Å²) in [6.07, 6.45) is 1.94. The number of nitrogens with zero attached hydrogens (tertiary/aromatic N) is 2. The van der Waals surface area contributed by atoms with Crippen LogP contribution >= 0.6 is 11.3 Å². The van der Waals surface area contributed by atoms with Gasteiger partial charge in [0.15, 0.2) is 0 Å². The van der Waals surface area contributed by atoms with Crippen LogP contribution in [0.3, 0.4) is 0 Å². The summed E-state index contributed by atoms with van der Waals surface area (Å²) < 4.78 is 19.4. The number of carbonyl (C=O) groups excluding carboxylic acids is 2. The molecule has 0 bridgehead atoms. The van der Waals surface area contributed by atoms with E-state index in [4.69, 9.17) is 4.74 Å². The first-order valence-electron chi connectivity index (χ1n) is 11.2. The molecule has 6 nitrogen and oxygen atoms in total. The molecule has 8 heteroatoms. The number of hydrogen-bond donors (Lipinski definition) is 1. The van der Waals surface area contributed by atoms with E-state index in [-0.39, 0.29) is 17.6 Å². The normalized spacial score (nSPS) is 15.2. The molecular weight excluding hydrogens is 453 g/mol. The fraction of sp³-hybridized carbons (Fsp3) is 0.308. The van der Waals surface area contributed by atoms with Crippen molar-refractivity contribution in [2.75, 3.05) is 37.5 Å². The van der Waals surface area contributed by atoms with E-state index in [1.807, 2.05) is 59.6 Å². The van der Waals surface area contributed by atoms with Gasteiger partial charge in [-0.25, -0.2) is 4.39 Å². The highest BCUT2D eigenvalue weighted by atomic mass is 32.1. The molecule has 2 heterocycles. The summed E-state index contributed by atoms with van der Waals surface area (Å²) in [6, 6.07) is 14.9. The third kappa shape index (κ3) is 5.81. The van der Waals surface area contributed by atoms with Gasteiger partial charge in [0.2, 0.25) is 0 Å². The Kier molecular flexibility index (Phi) is 7.59. The lowest BCUT2D eigenvalue weighted by Gasteiger charge is -2.28. The molecule has 1 N–H and O–H groups in total. The standard InChI is InChI=1S/C26H28FN3O3S/c1-29(2)23-11-10-21(28-25(31)18-6-3-7-20(27)14-18)15-19(23)16-30(17-22-8-4-12-33-22)26(32)24-9-5-13-34-24/h3,5-7,9-11,13-15,22H,4,8,12,16-17H2,1-2H3,(H,28,31)/t22-/m0/s1. The van der Waals surface area contributed by atoms with Crippen molar-refractivity contribution in [1.29, 1.82) is 0 Å². The molecule has 0 saturated carbocycles. The summed E-state index contributed by atoms with van der Waals surface area (Å²) in [5, 5.41) is 4.74. The molecule has 1 aliphatic rings. The van der Waals surface area contributed by atoms with E-state index in [0.29, 0.717) is 23.7 Å². The van der Waals surface area contributed by atoms with Gasteiger partial charge < -0.3 is 19.9 Å². The lowest BCUT2D eigenvalue weighted by molar-refractivity contribution is 0.0511.